The first-order chi connectivity index (χ1) is 17.6. The number of carbonyl (C=O) groups is 2. The smallest absolute Gasteiger partial charge is 0.256 e. The van der Waals surface area contributed by atoms with E-state index in [4.69, 9.17) is 4.74 Å². The number of amides is 2. The molecule has 194 valence electrons. The summed E-state index contributed by atoms with van der Waals surface area (Å²) in [6, 6.07) is 19.4. The molecule has 0 radical (unpaired) electrons. The highest BCUT2D eigenvalue weighted by Gasteiger charge is 2.22. The molecule has 3 aromatic rings. The fourth-order valence-corrected chi connectivity index (χ4v) is 5.20. The summed E-state index contributed by atoms with van der Waals surface area (Å²) in [5.74, 6) is -0.509. The molecule has 0 saturated carbocycles. The number of rotatable bonds is 7. The summed E-state index contributed by atoms with van der Waals surface area (Å²) in [4.78, 5) is 27.7. The molecule has 1 aliphatic rings. The van der Waals surface area contributed by atoms with E-state index >= 15 is 0 Å². The number of nitrogens with zero attached hydrogens (tertiary/aromatic N) is 2. The van der Waals surface area contributed by atoms with Gasteiger partial charge < -0.3 is 15.0 Å². The average molecular weight is 522 g/mol. The quantitative estimate of drug-likeness (QED) is 0.507. The van der Waals surface area contributed by atoms with E-state index in [2.05, 4.69) is 5.32 Å². The molecule has 0 spiro atoms. The number of hydrogen-bond donors (Lipinski definition) is 1. The van der Waals surface area contributed by atoms with Crippen LogP contribution in [0.3, 0.4) is 0 Å². The SMILES string of the molecule is Cc1cc(C)cc(N(Cc2ccc(C(=O)Nc3ccccc3C(=O)N3CCOCC3)cc2)S(C)(=O)=O)c1. The van der Waals surface area contributed by atoms with Gasteiger partial charge in [0.1, 0.15) is 0 Å². The topological polar surface area (TPSA) is 96.0 Å². The fourth-order valence-electron chi connectivity index (χ4n) is 4.33. The van der Waals surface area contributed by atoms with Gasteiger partial charge in [0.15, 0.2) is 0 Å². The maximum Gasteiger partial charge on any atom is 0.256 e. The van der Waals surface area contributed by atoms with E-state index in [0.717, 1.165) is 16.7 Å². The van der Waals surface area contributed by atoms with Crippen molar-refractivity contribution >= 4 is 33.2 Å². The third-order valence-electron chi connectivity index (χ3n) is 6.14. The van der Waals surface area contributed by atoms with Gasteiger partial charge in [-0.2, -0.15) is 0 Å². The van der Waals surface area contributed by atoms with E-state index in [1.807, 2.05) is 32.0 Å². The maximum atomic E-state index is 13.0. The largest absolute Gasteiger partial charge is 0.378 e. The number of sulfonamides is 1. The predicted molar refractivity (Wildman–Crippen MR) is 145 cm³/mol. The van der Waals surface area contributed by atoms with E-state index in [-0.39, 0.29) is 18.4 Å². The van der Waals surface area contributed by atoms with Crippen LogP contribution in [-0.4, -0.2) is 57.7 Å². The second kappa shape index (κ2) is 11.1. The Hall–Kier alpha value is -3.69. The Balaban J connectivity index is 1.50. The zero-order chi connectivity index (χ0) is 26.6. The first-order valence-electron chi connectivity index (χ1n) is 12.0. The lowest BCUT2D eigenvalue weighted by atomic mass is 10.1. The lowest BCUT2D eigenvalue weighted by Crippen LogP contribution is -2.41. The van der Waals surface area contributed by atoms with Crippen LogP contribution in [0.1, 0.15) is 37.4 Å². The fraction of sp³-hybridized carbons (Fsp3) is 0.286. The number of para-hydroxylation sites is 1. The first-order valence-corrected chi connectivity index (χ1v) is 13.9. The third kappa shape index (κ3) is 6.55. The zero-order valence-electron chi connectivity index (χ0n) is 21.2. The van der Waals surface area contributed by atoms with Crippen LogP contribution in [0.2, 0.25) is 0 Å². The van der Waals surface area contributed by atoms with Gasteiger partial charge in [0.25, 0.3) is 11.8 Å². The lowest BCUT2D eigenvalue weighted by Gasteiger charge is -2.27. The Morgan fingerprint density at radius 1 is 0.946 bits per heavy atom. The summed E-state index contributed by atoms with van der Waals surface area (Å²) in [5.41, 5.74) is 4.55. The molecule has 0 atom stereocenters. The highest BCUT2D eigenvalue weighted by molar-refractivity contribution is 7.92. The molecule has 1 saturated heterocycles. The second-order valence-electron chi connectivity index (χ2n) is 9.22. The molecule has 0 unspecified atom stereocenters. The van der Waals surface area contributed by atoms with Gasteiger partial charge >= 0.3 is 0 Å². The Bertz CT molecular complexity index is 1380. The van der Waals surface area contributed by atoms with E-state index in [1.54, 1.807) is 53.4 Å². The first kappa shape index (κ1) is 26.4. The monoisotopic (exact) mass is 521 g/mol. The lowest BCUT2D eigenvalue weighted by molar-refractivity contribution is 0.0303. The summed E-state index contributed by atoms with van der Waals surface area (Å²) in [5, 5.41) is 2.85. The molecule has 9 heteroatoms. The van der Waals surface area contributed by atoms with Crippen molar-refractivity contribution in [2.75, 3.05) is 42.2 Å². The number of nitrogens with one attached hydrogen (secondary N) is 1. The molecule has 0 bridgehead atoms. The van der Waals surface area contributed by atoms with E-state index in [9.17, 15) is 18.0 Å². The van der Waals surface area contributed by atoms with E-state index in [1.165, 1.54) is 10.6 Å². The predicted octanol–water partition coefficient (Wildman–Crippen LogP) is 3.99. The summed E-state index contributed by atoms with van der Waals surface area (Å²) in [6.45, 7) is 6.00. The number of hydrogen-bond acceptors (Lipinski definition) is 5. The molecule has 0 aliphatic carbocycles. The molecule has 2 amide bonds. The van der Waals surface area contributed by atoms with Crippen molar-refractivity contribution < 1.29 is 22.7 Å². The van der Waals surface area contributed by atoms with Crippen LogP contribution in [0.15, 0.2) is 66.7 Å². The van der Waals surface area contributed by atoms with Crippen LogP contribution in [0, 0.1) is 13.8 Å². The van der Waals surface area contributed by atoms with Crippen molar-refractivity contribution in [2.45, 2.75) is 20.4 Å². The van der Waals surface area contributed by atoms with Crippen LogP contribution in [0.25, 0.3) is 0 Å². The molecule has 1 aliphatic heterocycles. The summed E-state index contributed by atoms with van der Waals surface area (Å²) >= 11 is 0. The molecule has 3 aromatic carbocycles. The Kier molecular flexibility index (Phi) is 7.94. The van der Waals surface area contributed by atoms with Gasteiger partial charge in [-0.25, -0.2) is 8.42 Å². The van der Waals surface area contributed by atoms with Crippen LogP contribution >= 0.6 is 0 Å². The zero-order valence-corrected chi connectivity index (χ0v) is 22.0. The Labute approximate surface area is 217 Å². The van der Waals surface area contributed by atoms with Crippen molar-refractivity contribution in [3.63, 3.8) is 0 Å². The van der Waals surface area contributed by atoms with Crippen LogP contribution in [0.4, 0.5) is 11.4 Å². The minimum atomic E-state index is -3.53. The molecular formula is C28H31N3O5S. The number of aryl methyl sites for hydroxylation is 2. The Morgan fingerprint density at radius 2 is 1.57 bits per heavy atom. The van der Waals surface area contributed by atoms with E-state index < -0.39 is 10.0 Å². The summed E-state index contributed by atoms with van der Waals surface area (Å²) < 4.78 is 31.8. The van der Waals surface area contributed by atoms with Crippen molar-refractivity contribution in [1.82, 2.24) is 4.90 Å². The van der Waals surface area contributed by atoms with Gasteiger partial charge in [-0.3, -0.25) is 13.9 Å². The minimum absolute atomic E-state index is 0.139. The van der Waals surface area contributed by atoms with Crippen LogP contribution in [-0.2, 0) is 21.3 Å². The van der Waals surface area contributed by atoms with Gasteiger partial charge in [-0.05, 0) is 66.9 Å². The molecule has 8 nitrogen and oxygen atoms in total. The third-order valence-corrected chi connectivity index (χ3v) is 7.28. The van der Waals surface area contributed by atoms with Gasteiger partial charge in [0, 0.05) is 18.7 Å². The van der Waals surface area contributed by atoms with Gasteiger partial charge in [-0.1, -0.05) is 30.3 Å². The molecule has 1 N–H and O–H groups in total. The van der Waals surface area contributed by atoms with Crippen molar-refractivity contribution in [2.24, 2.45) is 0 Å². The number of anilines is 2. The number of benzene rings is 3. The van der Waals surface area contributed by atoms with Gasteiger partial charge in [-0.15, -0.1) is 0 Å². The average Bonchev–Trinajstić information content (AvgIpc) is 2.87. The normalized spacial score (nSPS) is 13.8. The second-order valence-corrected chi connectivity index (χ2v) is 11.1. The molecular weight excluding hydrogens is 490 g/mol. The summed E-state index contributed by atoms with van der Waals surface area (Å²) in [6.07, 6.45) is 1.18. The van der Waals surface area contributed by atoms with Crippen molar-refractivity contribution in [3.05, 3.63) is 94.5 Å². The molecule has 1 heterocycles. The standard InChI is InChI=1S/C28H31N3O5S/c1-20-16-21(2)18-24(17-20)31(37(3,34)35)19-22-8-10-23(11-9-22)27(32)29-26-7-5-4-6-25(26)28(33)30-12-14-36-15-13-30/h4-11,16-18H,12-15,19H2,1-3H3,(H,29,32). The van der Waals surface area contributed by atoms with Crippen molar-refractivity contribution in [1.29, 1.82) is 0 Å². The molecule has 1 fully saturated rings. The Morgan fingerprint density at radius 3 is 2.19 bits per heavy atom. The molecule has 4 rings (SSSR count). The van der Waals surface area contributed by atoms with Gasteiger partial charge in [0.05, 0.1) is 43.0 Å². The number of ether oxygens (including phenoxy) is 1. The van der Waals surface area contributed by atoms with Crippen LogP contribution < -0.4 is 9.62 Å². The number of carbonyl (C=O) groups excluding carboxylic acids is 2. The highest BCUT2D eigenvalue weighted by Crippen LogP contribution is 2.24. The molecule has 37 heavy (non-hydrogen) atoms. The molecule has 0 aromatic heterocycles. The number of morpholine rings is 1. The maximum absolute atomic E-state index is 13.0. The van der Waals surface area contributed by atoms with Crippen molar-refractivity contribution in [3.8, 4) is 0 Å². The van der Waals surface area contributed by atoms with Gasteiger partial charge in [0.2, 0.25) is 10.0 Å². The van der Waals surface area contributed by atoms with Crippen LogP contribution in [0.5, 0.6) is 0 Å². The van der Waals surface area contributed by atoms with E-state index in [0.29, 0.717) is 48.8 Å². The summed E-state index contributed by atoms with van der Waals surface area (Å²) in [7, 11) is -3.53. The highest BCUT2D eigenvalue weighted by atomic mass is 32.2. The minimum Gasteiger partial charge on any atom is -0.378 e.